The molecule has 5 heteroatoms. The van der Waals surface area contributed by atoms with Crippen LogP contribution in [0.3, 0.4) is 0 Å². The van der Waals surface area contributed by atoms with E-state index < -0.39 is 5.95 Å². The smallest absolute Gasteiger partial charge is 0.212 e. The zero-order chi connectivity index (χ0) is 11.8. The van der Waals surface area contributed by atoms with E-state index in [1.54, 1.807) is 29.3 Å². The van der Waals surface area contributed by atoms with E-state index in [9.17, 15) is 4.39 Å². The summed E-state index contributed by atoms with van der Waals surface area (Å²) >= 11 is 0. The Bertz CT molecular complexity index is 673. The van der Waals surface area contributed by atoms with Crippen molar-refractivity contribution >= 4 is 10.9 Å². The lowest BCUT2D eigenvalue weighted by atomic mass is 10.1. The molecule has 3 aromatic heterocycles. The third kappa shape index (κ3) is 1.56. The van der Waals surface area contributed by atoms with Crippen LogP contribution in [0.1, 0.15) is 0 Å². The fraction of sp³-hybridized carbons (Fsp3) is 0.0833. The highest BCUT2D eigenvalue weighted by atomic mass is 19.1. The Labute approximate surface area is 96.7 Å². The summed E-state index contributed by atoms with van der Waals surface area (Å²) in [5, 5.41) is 5.13. The monoisotopic (exact) mass is 228 g/mol. The van der Waals surface area contributed by atoms with Gasteiger partial charge in [0.1, 0.15) is 0 Å². The number of hydrogen-bond donors (Lipinski definition) is 0. The third-order valence-electron chi connectivity index (χ3n) is 2.68. The lowest BCUT2D eigenvalue weighted by Crippen LogP contribution is -1.93. The van der Waals surface area contributed by atoms with Gasteiger partial charge in [0.25, 0.3) is 0 Å². The fourth-order valence-corrected chi connectivity index (χ4v) is 1.88. The van der Waals surface area contributed by atoms with E-state index in [1.165, 1.54) is 12.3 Å². The van der Waals surface area contributed by atoms with E-state index in [2.05, 4.69) is 15.1 Å². The van der Waals surface area contributed by atoms with Crippen molar-refractivity contribution in [2.24, 2.45) is 7.05 Å². The first-order valence-electron chi connectivity index (χ1n) is 5.13. The number of fused-ring (bicyclic) bond motifs is 1. The molecule has 0 spiro atoms. The molecular formula is C12H9FN4. The van der Waals surface area contributed by atoms with Gasteiger partial charge in [-0.25, -0.2) is 4.98 Å². The Morgan fingerprint density at radius 1 is 1.12 bits per heavy atom. The molecule has 3 rings (SSSR count). The van der Waals surface area contributed by atoms with E-state index in [1.807, 2.05) is 7.05 Å². The minimum atomic E-state index is -0.487. The molecule has 0 amide bonds. The molecule has 0 atom stereocenters. The number of rotatable bonds is 1. The van der Waals surface area contributed by atoms with E-state index in [-0.39, 0.29) is 0 Å². The van der Waals surface area contributed by atoms with Crippen LogP contribution in [0, 0.1) is 5.95 Å². The van der Waals surface area contributed by atoms with Gasteiger partial charge >= 0.3 is 0 Å². The Morgan fingerprint density at radius 3 is 2.76 bits per heavy atom. The molecule has 0 aliphatic carbocycles. The van der Waals surface area contributed by atoms with Crippen LogP contribution < -0.4 is 0 Å². The SMILES string of the molecule is Cn1ncc2cncc(-c3ccc(F)nc3)c21. The molecule has 0 aliphatic heterocycles. The zero-order valence-electron chi connectivity index (χ0n) is 9.13. The van der Waals surface area contributed by atoms with E-state index in [4.69, 9.17) is 0 Å². The van der Waals surface area contributed by atoms with Crippen molar-refractivity contribution in [3.05, 3.63) is 42.9 Å². The topological polar surface area (TPSA) is 43.6 Å². The van der Waals surface area contributed by atoms with Gasteiger partial charge in [-0.1, -0.05) is 0 Å². The van der Waals surface area contributed by atoms with Gasteiger partial charge in [-0.2, -0.15) is 9.49 Å². The van der Waals surface area contributed by atoms with Gasteiger partial charge in [0.2, 0.25) is 5.95 Å². The average molecular weight is 228 g/mol. The summed E-state index contributed by atoms with van der Waals surface area (Å²) in [5.74, 6) is -0.487. The summed E-state index contributed by atoms with van der Waals surface area (Å²) in [6.45, 7) is 0. The standard InChI is InChI=1S/C12H9FN4/c1-17-12-9(6-16-17)4-14-7-10(12)8-2-3-11(13)15-5-8/h2-7H,1H3. The largest absolute Gasteiger partial charge is 0.267 e. The van der Waals surface area contributed by atoms with Crippen LogP contribution in [0.4, 0.5) is 4.39 Å². The van der Waals surface area contributed by atoms with Crippen molar-refractivity contribution in [3.63, 3.8) is 0 Å². The maximum atomic E-state index is 12.8. The van der Waals surface area contributed by atoms with Crippen molar-refractivity contribution in [1.82, 2.24) is 19.7 Å². The second-order valence-electron chi connectivity index (χ2n) is 3.76. The fourth-order valence-electron chi connectivity index (χ4n) is 1.88. The Morgan fingerprint density at radius 2 is 2.00 bits per heavy atom. The Hall–Kier alpha value is -2.30. The first-order chi connectivity index (χ1) is 8.25. The number of nitrogens with zero attached hydrogens (tertiary/aromatic N) is 4. The van der Waals surface area contributed by atoms with E-state index in [0.29, 0.717) is 0 Å². The normalized spacial score (nSPS) is 10.9. The Kier molecular flexibility index (Phi) is 2.11. The molecule has 0 aromatic carbocycles. The lowest BCUT2D eigenvalue weighted by Gasteiger charge is -2.04. The van der Waals surface area contributed by atoms with Crippen LogP contribution >= 0.6 is 0 Å². The van der Waals surface area contributed by atoms with Gasteiger partial charge < -0.3 is 0 Å². The van der Waals surface area contributed by atoms with Crippen LogP contribution in [-0.2, 0) is 7.05 Å². The molecule has 0 saturated carbocycles. The molecule has 0 unspecified atom stereocenters. The zero-order valence-corrected chi connectivity index (χ0v) is 9.13. The molecule has 0 N–H and O–H groups in total. The van der Waals surface area contributed by atoms with Gasteiger partial charge in [0.15, 0.2) is 0 Å². The predicted octanol–water partition coefficient (Wildman–Crippen LogP) is 2.17. The van der Waals surface area contributed by atoms with Crippen LogP contribution in [0.2, 0.25) is 0 Å². The van der Waals surface area contributed by atoms with Crippen molar-refractivity contribution in [2.75, 3.05) is 0 Å². The molecular weight excluding hydrogens is 219 g/mol. The second-order valence-corrected chi connectivity index (χ2v) is 3.76. The van der Waals surface area contributed by atoms with E-state index >= 15 is 0 Å². The highest BCUT2D eigenvalue weighted by molar-refractivity contribution is 5.92. The number of aromatic nitrogens is 4. The van der Waals surface area contributed by atoms with Gasteiger partial charge in [-0.05, 0) is 12.1 Å². The quantitative estimate of drug-likeness (QED) is 0.599. The average Bonchev–Trinajstić information content (AvgIpc) is 2.73. The maximum Gasteiger partial charge on any atom is 0.212 e. The molecule has 0 aliphatic rings. The van der Waals surface area contributed by atoms with Crippen molar-refractivity contribution in [1.29, 1.82) is 0 Å². The lowest BCUT2D eigenvalue weighted by molar-refractivity contribution is 0.584. The number of pyridine rings is 2. The van der Waals surface area contributed by atoms with Gasteiger partial charge in [0, 0.05) is 42.2 Å². The molecule has 0 radical (unpaired) electrons. The summed E-state index contributed by atoms with van der Waals surface area (Å²) < 4.78 is 14.6. The minimum Gasteiger partial charge on any atom is -0.267 e. The number of hydrogen-bond acceptors (Lipinski definition) is 3. The first-order valence-corrected chi connectivity index (χ1v) is 5.13. The van der Waals surface area contributed by atoms with Crippen molar-refractivity contribution in [2.45, 2.75) is 0 Å². The molecule has 84 valence electrons. The minimum absolute atomic E-state index is 0.487. The van der Waals surface area contributed by atoms with Crippen LogP contribution in [0.25, 0.3) is 22.0 Å². The summed E-state index contributed by atoms with van der Waals surface area (Å²) in [6.07, 6.45) is 6.74. The Balaban J connectivity index is 2.29. The molecule has 0 fully saturated rings. The predicted molar refractivity (Wildman–Crippen MR) is 61.7 cm³/mol. The second kappa shape index (κ2) is 3.62. The summed E-state index contributed by atoms with van der Waals surface area (Å²) in [4.78, 5) is 7.80. The molecule has 3 heterocycles. The third-order valence-corrected chi connectivity index (χ3v) is 2.68. The van der Waals surface area contributed by atoms with Crippen molar-refractivity contribution in [3.8, 4) is 11.1 Å². The summed E-state index contributed by atoms with van der Waals surface area (Å²) in [7, 11) is 1.86. The number of halogens is 1. The van der Waals surface area contributed by atoms with Crippen molar-refractivity contribution < 1.29 is 4.39 Å². The molecule has 3 aromatic rings. The van der Waals surface area contributed by atoms with Crippen LogP contribution in [0.15, 0.2) is 36.9 Å². The highest BCUT2D eigenvalue weighted by Gasteiger charge is 2.08. The summed E-state index contributed by atoms with van der Waals surface area (Å²) in [6, 6.07) is 3.02. The molecule has 4 nitrogen and oxygen atoms in total. The molecule has 0 bridgehead atoms. The van der Waals surface area contributed by atoms with Gasteiger partial charge in [-0.3, -0.25) is 9.67 Å². The van der Waals surface area contributed by atoms with E-state index in [0.717, 1.165) is 22.0 Å². The summed E-state index contributed by atoms with van der Waals surface area (Å²) in [5.41, 5.74) is 2.69. The van der Waals surface area contributed by atoms with Crippen LogP contribution in [-0.4, -0.2) is 19.7 Å². The first kappa shape index (κ1) is 9.89. The van der Waals surface area contributed by atoms with Crippen LogP contribution in [0.5, 0.6) is 0 Å². The van der Waals surface area contributed by atoms with Gasteiger partial charge in [0.05, 0.1) is 11.7 Å². The number of aryl methyl sites for hydroxylation is 1. The van der Waals surface area contributed by atoms with Gasteiger partial charge in [-0.15, -0.1) is 0 Å². The molecule has 17 heavy (non-hydrogen) atoms. The maximum absolute atomic E-state index is 12.8. The highest BCUT2D eigenvalue weighted by Crippen LogP contribution is 2.26. The molecule has 0 saturated heterocycles.